The molecule has 132 valence electrons. The van der Waals surface area contributed by atoms with Crippen molar-refractivity contribution in [2.75, 3.05) is 13.1 Å². The highest BCUT2D eigenvalue weighted by Gasteiger charge is 2.45. The zero-order valence-electron chi connectivity index (χ0n) is 13.8. The lowest BCUT2D eigenvalue weighted by atomic mass is 9.87. The van der Waals surface area contributed by atoms with E-state index in [2.05, 4.69) is 10.3 Å². The molecule has 1 aliphatic carbocycles. The molecule has 25 heavy (non-hydrogen) atoms. The molecular weight excluding hydrogens is 324 g/mol. The number of carbonyl (C=O) groups is 2. The van der Waals surface area contributed by atoms with Crippen molar-refractivity contribution >= 4 is 11.9 Å². The average Bonchev–Trinajstić information content (AvgIpc) is 3.31. The second-order valence-corrected chi connectivity index (χ2v) is 6.72. The highest BCUT2D eigenvalue weighted by molar-refractivity contribution is 5.94. The summed E-state index contributed by atoms with van der Waals surface area (Å²) in [6.45, 7) is 0.708. The highest BCUT2D eigenvalue weighted by atomic mass is 16.5. The van der Waals surface area contributed by atoms with E-state index in [0.29, 0.717) is 31.6 Å². The van der Waals surface area contributed by atoms with Gasteiger partial charge in [-0.15, -0.1) is 0 Å². The minimum Gasteiger partial charge on any atom is -0.479 e. The number of amides is 1. The molecule has 8 nitrogen and oxygen atoms in total. The first-order chi connectivity index (χ1) is 12.1. The van der Waals surface area contributed by atoms with Crippen LogP contribution >= 0.6 is 0 Å². The van der Waals surface area contributed by atoms with Crippen molar-refractivity contribution in [3.63, 3.8) is 0 Å². The summed E-state index contributed by atoms with van der Waals surface area (Å²) < 4.78 is 6.83. The fraction of sp³-hybridized carbons (Fsp3) is 0.529. The number of carbonyl (C=O) groups excluding carboxylic acids is 1. The lowest BCUT2D eigenvalue weighted by molar-refractivity contribution is -0.150. The summed E-state index contributed by atoms with van der Waals surface area (Å²) in [5.74, 6) is -0.253. The number of likely N-dealkylation sites (tertiary alicyclic amines) is 1. The van der Waals surface area contributed by atoms with Gasteiger partial charge in [-0.1, -0.05) is 5.16 Å². The number of aromatic nitrogens is 3. The second kappa shape index (κ2) is 6.02. The molecule has 1 N–H and O–H groups in total. The van der Waals surface area contributed by atoms with Crippen LogP contribution in [0.5, 0.6) is 0 Å². The van der Waals surface area contributed by atoms with Gasteiger partial charge in [0.2, 0.25) is 0 Å². The fourth-order valence-electron chi connectivity index (χ4n) is 3.85. The molecule has 1 saturated heterocycles. The van der Waals surface area contributed by atoms with Crippen LogP contribution in [-0.2, 0) is 23.2 Å². The number of fused-ring (bicyclic) bond motifs is 1. The maximum atomic E-state index is 12.8. The smallest absolute Gasteiger partial charge is 0.331 e. The molecule has 0 bridgehead atoms. The van der Waals surface area contributed by atoms with Crippen molar-refractivity contribution in [2.45, 2.75) is 44.1 Å². The summed E-state index contributed by atoms with van der Waals surface area (Å²) >= 11 is 0. The van der Waals surface area contributed by atoms with Gasteiger partial charge in [-0.25, -0.2) is 4.79 Å². The first kappa shape index (κ1) is 15.9. The van der Waals surface area contributed by atoms with Gasteiger partial charge in [-0.05, 0) is 25.3 Å². The zero-order chi connectivity index (χ0) is 17.4. The molecule has 2 aliphatic rings. The van der Waals surface area contributed by atoms with Crippen LogP contribution in [0.4, 0.5) is 0 Å². The third kappa shape index (κ3) is 2.52. The van der Waals surface area contributed by atoms with Gasteiger partial charge in [0.25, 0.3) is 5.91 Å². The SMILES string of the molecule is O=C(c1noc2c1CCCC2)N1CCC(C(=O)O)(n2cccn2)CC1. The summed E-state index contributed by atoms with van der Waals surface area (Å²) in [4.78, 5) is 26.4. The normalized spacial score (nSPS) is 19.4. The van der Waals surface area contributed by atoms with E-state index in [0.717, 1.165) is 37.0 Å². The summed E-state index contributed by atoms with van der Waals surface area (Å²) in [6, 6.07) is 1.71. The molecule has 1 aliphatic heterocycles. The van der Waals surface area contributed by atoms with Gasteiger partial charge in [-0.3, -0.25) is 9.48 Å². The Labute approximate surface area is 144 Å². The average molecular weight is 344 g/mol. The van der Waals surface area contributed by atoms with E-state index < -0.39 is 11.5 Å². The van der Waals surface area contributed by atoms with Gasteiger partial charge in [-0.2, -0.15) is 5.10 Å². The molecule has 3 heterocycles. The van der Waals surface area contributed by atoms with Gasteiger partial charge in [0.05, 0.1) is 0 Å². The van der Waals surface area contributed by atoms with Gasteiger partial charge >= 0.3 is 5.97 Å². The van der Waals surface area contributed by atoms with Crippen LogP contribution in [0.1, 0.15) is 47.5 Å². The van der Waals surface area contributed by atoms with Crippen LogP contribution in [0.15, 0.2) is 23.0 Å². The number of hydrogen-bond donors (Lipinski definition) is 1. The van der Waals surface area contributed by atoms with E-state index in [1.807, 2.05) is 0 Å². The Morgan fingerprint density at radius 3 is 2.64 bits per heavy atom. The number of carboxylic acid groups (broad SMARTS) is 1. The van der Waals surface area contributed by atoms with Crippen molar-refractivity contribution in [2.24, 2.45) is 0 Å². The number of nitrogens with zero attached hydrogens (tertiary/aromatic N) is 4. The largest absolute Gasteiger partial charge is 0.479 e. The summed E-state index contributed by atoms with van der Waals surface area (Å²) in [5, 5.41) is 17.8. The maximum absolute atomic E-state index is 12.8. The molecule has 0 atom stereocenters. The number of carboxylic acids is 1. The fourth-order valence-corrected chi connectivity index (χ4v) is 3.85. The first-order valence-electron chi connectivity index (χ1n) is 8.62. The van der Waals surface area contributed by atoms with Crippen molar-refractivity contribution in [1.82, 2.24) is 19.8 Å². The molecule has 1 amide bonds. The Morgan fingerprint density at radius 2 is 1.96 bits per heavy atom. The highest BCUT2D eigenvalue weighted by Crippen LogP contribution is 2.32. The Balaban J connectivity index is 1.53. The van der Waals surface area contributed by atoms with Crippen LogP contribution in [0.25, 0.3) is 0 Å². The molecule has 0 unspecified atom stereocenters. The number of hydrogen-bond acceptors (Lipinski definition) is 5. The minimum atomic E-state index is -1.09. The topological polar surface area (TPSA) is 101 Å². The predicted octanol–water partition coefficient (Wildman–Crippen LogP) is 1.47. The van der Waals surface area contributed by atoms with Crippen LogP contribution < -0.4 is 0 Å². The Kier molecular flexibility index (Phi) is 3.82. The first-order valence-corrected chi connectivity index (χ1v) is 8.62. The summed E-state index contributed by atoms with van der Waals surface area (Å²) in [7, 11) is 0. The van der Waals surface area contributed by atoms with Crippen molar-refractivity contribution < 1.29 is 19.2 Å². The molecule has 0 spiro atoms. The molecule has 0 aromatic carbocycles. The van der Waals surface area contributed by atoms with Crippen LogP contribution in [0.2, 0.25) is 0 Å². The van der Waals surface area contributed by atoms with E-state index in [9.17, 15) is 14.7 Å². The van der Waals surface area contributed by atoms with E-state index in [1.54, 1.807) is 23.4 Å². The maximum Gasteiger partial charge on any atom is 0.331 e. The molecule has 4 rings (SSSR count). The van der Waals surface area contributed by atoms with Gasteiger partial charge in [0, 0.05) is 50.3 Å². The van der Waals surface area contributed by atoms with E-state index in [-0.39, 0.29) is 5.91 Å². The van der Waals surface area contributed by atoms with E-state index >= 15 is 0 Å². The molecular formula is C17H20N4O4. The van der Waals surface area contributed by atoms with Gasteiger partial charge in [0.15, 0.2) is 11.2 Å². The molecule has 2 aromatic rings. The summed E-state index contributed by atoms with van der Waals surface area (Å²) in [5.41, 5.74) is 0.235. The van der Waals surface area contributed by atoms with Gasteiger partial charge in [0.1, 0.15) is 5.76 Å². The second-order valence-electron chi connectivity index (χ2n) is 6.72. The Hall–Kier alpha value is -2.64. The standard InChI is InChI=1S/C17H20N4O4/c22-15(14-12-4-1-2-5-13(12)25-19-14)20-10-6-17(7-11-20,16(23)24)21-9-3-8-18-21/h3,8-9H,1-2,4-7,10-11H2,(H,23,24). The lowest BCUT2D eigenvalue weighted by Crippen LogP contribution is -2.52. The number of aliphatic carboxylic acids is 1. The lowest BCUT2D eigenvalue weighted by Gasteiger charge is -2.38. The minimum absolute atomic E-state index is 0.161. The third-order valence-electron chi connectivity index (χ3n) is 5.37. The molecule has 0 radical (unpaired) electrons. The monoisotopic (exact) mass is 344 g/mol. The number of piperidine rings is 1. The number of aryl methyl sites for hydroxylation is 1. The van der Waals surface area contributed by atoms with Crippen molar-refractivity contribution in [1.29, 1.82) is 0 Å². The van der Waals surface area contributed by atoms with Gasteiger partial charge < -0.3 is 14.5 Å². The zero-order valence-corrected chi connectivity index (χ0v) is 13.8. The van der Waals surface area contributed by atoms with Crippen molar-refractivity contribution in [3.05, 3.63) is 35.5 Å². The molecule has 8 heteroatoms. The van der Waals surface area contributed by atoms with Crippen LogP contribution in [0, 0.1) is 0 Å². The Bertz CT molecular complexity index is 788. The number of rotatable bonds is 3. The molecule has 0 saturated carbocycles. The third-order valence-corrected chi connectivity index (χ3v) is 5.37. The van der Waals surface area contributed by atoms with E-state index in [1.165, 1.54) is 4.68 Å². The summed E-state index contributed by atoms with van der Waals surface area (Å²) in [6.07, 6.45) is 7.62. The van der Waals surface area contributed by atoms with Crippen LogP contribution in [-0.4, -0.2) is 49.9 Å². The van der Waals surface area contributed by atoms with Crippen LogP contribution in [0.3, 0.4) is 0 Å². The molecule has 1 fully saturated rings. The quantitative estimate of drug-likeness (QED) is 0.905. The predicted molar refractivity (Wildman–Crippen MR) is 86.1 cm³/mol. The Morgan fingerprint density at radius 1 is 1.20 bits per heavy atom. The van der Waals surface area contributed by atoms with E-state index in [4.69, 9.17) is 4.52 Å². The van der Waals surface area contributed by atoms with Crippen molar-refractivity contribution in [3.8, 4) is 0 Å². The molecule has 2 aromatic heterocycles.